The van der Waals surface area contributed by atoms with Gasteiger partial charge in [-0.3, -0.25) is 14.0 Å². The van der Waals surface area contributed by atoms with Crippen molar-refractivity contribution in [3.8, 4) is 0 Å². The van der Waals surface area contributed by atoms with Crippen LogP contribution < -0.4 is 10.6 Å². The van der Waals surface area contributed by atoms with Gasteiger partial charge in [-0.25, -0.2) is 4.98 Å². The van der Waals surface area contributed by atoms with E-state index < -0.39 is 0 Å². The number of carbonyl (C=O) groups excluding carboxylic acids is 2. The number of carbonyl (C=O) groups is 2. The Balaban J connectivity index is 1.90. The van der Waals surface area contributed by atoms with Crippen molar-refractivity contribution in [3.63, 3.8) is 0 Å². The molecule has 0 unspecified atom stereocenters. The van der Waals surface area contributed by atoms with Gasteiger partial charge in [-0.05, 0) is 42.0 Å². The number of hydrogen-bond donors (Lipinski definition) is 2. The number of hydrogen-bond acceptors (Lipinski definition) is 3. The number of benzene rings is 1. The van der Waals surface area contributed by atoms with Crippen LogP contribution in [0.5, 0.6) is 0 Å². The number of amides is 2. The zero-order valence-corrected chi connectivity index (χ0v) is 17.4. The van der Waals surface area contributed by atoms with Crippen molar-refractivity contribution in [2.75, 3.05) is 11.9 Å². The lowest BCUT2D eigenvalue weighted by Crippen LogP contribution is -2.26. The Morgan fingerprint density at radius 1 is 1.00 bits per heavy atom. The summed E-state index contributed by atoms with van der Waals surface area (Å²) in [6.07, 6.45) is 2.63. The topological polar surface area (TPSA) is 75.5 Å². The average molecular weight is 393 g/mol. The fraction of sp³-hybridized carbons (Fsp3) is 0.348. The molecule has 29 heavy (non-hydrogen) atoms. The molecule has 0 spiro atoms. The van der Waals surface area contributed by atoms with Crippen LogP contribution in [-0.4, -0.2) is 27.7 Å². The number of fused-ring (bicyclic) bond motifs is 1. The summed E-state index contributed by atoms with van der Waals surface area (Å²) in [5, 5.41) is 5.86. The van der Waals surface area contributed by atoms with Crippen molar-refractivity contribution in [1.29, 1.82) is 0 Å². The van der Waals surface area contributed by atoms with Gasteiger partial charge in [0.25, 0.3) is 11.8 Å². The Labute approximate surface area is 171 Å². The summed E-state index contributed by atoms with van der Waals surface area (Å²) in [6, 6.07) is 13.2. The molecule has 0 saturated carbocycles. The molecule has 0 fully saturated rings. The maximum absolute atomic E-state index is 13.0. The molecule has 1 aromatic carbocycles. The predicted molar refractivity (Wildman–Crippen MR) is 115 cm³/mol. The van der Waals surface area contributed by atoms with E-state index in [1.54, 1.807) is 16.7 Å². The quantitative estimate of drug-likeness (QED) is 0.622. The second-order valence-electron chi connectivity index (χ2n) is 7.87. The van der Waals surface area contributed by atoms with Gasteiger partial charge in [0.1, 0.15) is 0 Å². The van der Waals surface area contributed by atoms with E-state index in [1.165, 1.54) is 0 Å². The van der Waals surface area contributed by atoms with Crippen LogP contribution in [-0.2, 0) is 0 Å². The molecule has 152 valence electrons. The predicted octanol–water partition coefficient (Wildman–Crippen LogP) is 4.49. The second kappa shape index (κ2) is 8.90. The highest BCUT2D eigenvalue weighted by Gasteiger charge is 2.22. The minimum Gasteiger partial charge on any atom is -0.351 e. The molecule has 2 aromatic heterocycles. The van der Waals surface area contributed by atoms with Gasteiger partial charge < -0.3 is 10.6 Å². The first-order valence-corrected chi connectivity index (χ1v) is 10.0. The molecule has 0 radical (unpaired) electrons. The van der Waals surface area contributed by atoms with Crippen LogP contribution in [0.3, 0.4) is 0 Å². The van der Waals surface area contributed by atoms with Crippen LogP contribution in [0.25, 0.3) is 5.52 Å². The van der Waals surface area contributed by atoms with Gasteiger partial charge in [0.15, 0.2) is 5.69 Å². The summed E-state index contributed by atoms with van der Waals surface area (Å²) >= 11 is 0. The third-order valence-corrected chi connectivity index (χ3v) is 4.80. The SMILES string of the molecule is CC(C)CCNC(=O)c1nc(C(=O)Nc2ccccc2C(C)C)n2ccccc12. The van der Waals surface area contributed by atoms with E-state index in [0.29, 0.717) is 18.0 Å². The van der Waals surface area contributed by atoms with Crippen LogP contribution in [0.4, 0.5) is 5.69 Å². The van der Waals surface area contributed by atoms with E-state index >= 15 is 0 Å². The van der Waals surface area contributed by atoms with Crippen molar-refractivity contribution in [3.05, 3.63) is 65.7 Å². The van der Waals surface area contributed by atoms with E-state index in [0.717, 1.165) is 17.7 Å². The van der Waals surface area contributed by atoms with E-state index in [9.17, 15) is 9.59 Å². The maximum Gasteiger partial charge on any atom is 0.292 e. The standard InChI is InChI=1S/C23H28N4O2/c1-15(2)12-13-24-22(28)20-19-11-7-8-14-27(19)21(26-20)23(29)25-18-10-6-5-9-17(18)16(3)4/h5-11,14-16H,12-13H2,1-4H3,(H,24,28)(H,25,29). The molecular formula is C23H28N4O2. The Morgan fingerprint density at radius 2 is 1.72 bits per heavy atom. The van der Waals surface area contributed by atoms with Gasteiger partial charge in [-0.15, -0.1) is 0 Å². The third kappa shape index (κ3) is 4.65. The minimum atomic E-state index is -0.347. The Morgan fingerprint density at radius 3 is 2.45 bits per heavy atom. The number of rotatable bonds is 7. The highest BCUT2D eigenvalue weighted by Crippen LogP contribution is 2.24. The Bertz CT molecular complexity index is 1020. The highest BCUT2D eigenvalue weighted by atomic mass is 16.2. The average Bonchev–Trinajstić information content (AvgIpc) is 3.08. The van der Waals surface area contributed by atoms with E-state index in [1.807, 2.05) is 36.4 Å². The lowest BCUT2D eigenvalue weighted by atomic mass is 10.0. The van der Waals surface area contributed by atoms with Gasteiger partial charge in [0, 0.05) is 18.4 Å². The van der Waals surface area contributed by atoms with E-state index in [2.05, 4.69) is 43.3 Å². The molecule has 0 bridgehead atoms. The zero-order valence-electron chi connectivity index (χ0n) is 17.4. The second-order valence-corrected chi connectivity index (χ2v) is 7.87. The van der Waals surface area contributed by atoms with Crippen molar-refractivity contribution in [2.45, 2.75) is 40.0 Å². The summed E-state index contributed by atoms with van der Waals surface area (Å²) in [7, 11) is 0. The number of aromatic nitrogens is 2. The number of nitrogens with zero attached hydrogens (tertiary/aromatic N) is 2. The highest BCUT2D eigenvalue weighted by molar-refractivity contribution is 6.06. The molecule has 0 saturated heterocycles. The molecule has 0 aliphatic carbocycles. The molecular weight excluding hydrogens is 364 g/mol. The fourth-order valence-corrected chi connectivity index (χ4v) is 3.22. The molecule has 0 aliphatic rings. The van der Waals surface area contributed by atoms with Crippen LogP contribution >= 0.6 is 0 Å². The van der Waals surface area contributed by atoms with Gasteiger partial charge in [-0.1, -0.05) is 52.0 Å². The lowest BCUT2D eigenvalue weighted by Gasteiger charge is -2.13. The summed E-state index contributed by atoms with van der Waals surface area (Å²) in [6.45, 7) is 8.95. The molecule has 0 atom stereocenters. The van der Waals surface area contributed by atoms with Crippen molar-refractivity contribution >= 4 is 23.0 Å². The number of pyridine rings is 1. The minimum absolute atomic E-state index is 0.188. The van der Waals surface area contributed by atoms with Gasteiger partial charge >= 0.3 is 0 Å². The normalized spacial score (nSPS) is 11.2. The summed E-state index contributed by atoms with van der Waals surface area (Å²) in [5.41, 5.74) is 2.67. The molecule has 2 N–H and O–H groups in total. The molecule has 6 heteroatoms. The van der Waals surface area contributed by atoms with Crippen molar-refractivity contribution < 1.29 is 9.59 Å². The summed E-state index contributed by atoms with van der Waals surface area (Å²) < 4.78 is 1.66. The third-order valence-electron chi connectivity index (χ3n) is 4.80. The first kappa shape index (κ1) is 20.6. The van der Waals surface area contributed by atoms with E-state index in [-0.39, 0.29) is 29.3 Å². The van der Waals surface area contributed by atoms with Gasteiger partial charge in [0.05, 0.1) is 5.52 Å². The van der Waals surface area contributed by atoms with Crippen LogP contribution in [0.2, 0.25) is 0 Å². The van der Waals surface area contributed by atoms with Crippen LogP contribution in [0.15, 0.2) is 48.7 Å². The van der Waals surface area contributed by atoms with Gasteiger partial charge in [-0.2, -0.15) is 0 Å². The molecule has 2 amide bonds. The molecule has 0 aliphatic heterocycles. The molecule has 2 heterocycles. The number of anilines is 1. The molecule has 6 nitrogen and oxygen atoms in total. The maximum atomic E-state index is 13.0. The molecule has 3 aromatic rings. The zero-order chi connectivity index (χ0) is 21.0. The van der Waals surface area contributed by atoms with Crippen molar-refractivity contribution in [2.24, 2.45) is 5.92 Å². The van der Waals surface area contributed by atoms with Crippen molar-refractivity contribution in [1.82, 2.24) is 14.7 Å². The summed E-state index contributed by atoms with van der Waals surface area (Å²) in [4.78, 5) is 30.1. The first-order chi connectivity index (χ1) is 13.9. The Kier molecular flexibility index (Phi) is 6.32. The number of nitrogens with one attached hydrogen (secondary N) is 2. The largest absolute Gasteiger partial charge is 0.351 e. The fourth-order valence-electron chi connectivity index (χ4n) is 3.22. The summed E-state index contributed by atoms with van der Waals surface area (Å²) in [5.74, 6) is 0.340. The first-order valence-electron chi connectivity index (χ1n) is 10.0. The van der Waals surface area contributed by atoms with Crippen LogP contribution in [0.1, 0.15) is 66.7 Å². The number of para-hydroxylation sites is 1. The number of imidazole rings is 1. The lowest BCUT2D eigenvalue weighted by molar-refractivity contribution is 0.0949. The van der Waals surface area contributed by atoms with E-state index in [4.69, 9.17) is 0 Å². The monoisotopic (exact) mass is 392 g/mol. The Hall–Kier alpha value is -3.15. The van der Waals surface area contributed by atoms with Crippen LogP contribution in [0, 0.1) is 5.92 Å². The van der Waals surface area contributed by atoms with Gasteiger partial charge in [0.2, 0.25) is 5.82 Å². The smallest absolute Gasteiger partial charge is 0.292 e. The molecule has 3 rings (SSSR count).